The lowest BCUT2D eigenvalue weighted by Gasteiger charge is -2.48. The van der Waals surface area contributed by atoms with Gasteiger partial charge in [0.15, 0.2) is 18.9 Å². The first-order valence-corrected chi connectivity index (χ1v) is 46.2. The van der Waals surface area contributed by atoms with Crippen molar-refractivity contribution >= 4 is 5.91 Å². The van der Waals surface area contributed by atoms with Crippen molar-refractivity contribution in [3.63, 3.8) is 0 Å². The Kier molecular flexibility index (Phi) is 66.7. The minimum Gasteiger partial charge on any atom is -0.394 e. The summed E-state index contributed by atoms with van der Waals surface area (Å²) in [7, 11) is 0. The molecular weight excluding hydrogens is 1420 g/mol. The molecule has 17 unspecified atom stereocenters. The summed E-state index contributed by atoms with van der Waals surface area (Å²) in [5, 5.41) is 121. The third-order valence-corrected chi connectivity index (χ3v) is 22.7. The Morgan fingerprint density at radius 1 is 0.330 bits per heavy atom. The zero-order valence-electron chi connectivity index (χ0n) is 70.7. The summed E-state index contributed by atoms with van der Waals surface area (Å²) in [5.41, 5.74) is 0. The molecule has 17 atom stereocenters. The molecule has 3 heterocycles. The average molecular weight is 1590 g/mol. The van der Waals surface area contributed by atoms with Crippen molar-refractivity contribution in [2.24, 2.45) is 0 Å². The number of aliphatic hydroxyl groups excluding tert-OH is 11. The lowest BCUT2D eigenvalue weighted by atomic mass is 9.96. The van der Waals surface area contributed by atoms with Crippen molar-refractivity contribution in [2.45, 2.75) is 484 Å². The van der Waals surface area contributed by atoms with Crippen LogP contribution in [0.5, 0.6) is 0 Å². The number of aliphatic hydroxyl groups is 11. The molecule has 12 N–H and O–H groups in total. The first-order chi connectivity index (χ1) is 54.8. The van der Waals surface area contributed by atoms with Gasteiger partial charge in [-0.3, -0.25) is 4.79 Å². The van der Waals surface area contributed by atoms with Crippen molar-refractivity contribution in [3.05, 3.63) is 72.9 Å². The van der Waals surface area contributed by atoms with Crippen LogP contribution in [-0.4, -0.2) is 193 Å². The van der Waals surface area contributed by atoms with Crippen molar-refractivity contribution in [3.8, 4) is 0 Å². The Balaban J connectivity index is 1.32. The number of carbonyl (C=O) groups is 1. The van der Waals surface area contributed by atoms with E-state index >= 15 is 0 Å². The van der Waals surface area contributed by atoms with Gasteiger partial charge in [0.05, 0.1) is 38.6 Å². The monoisotopic (exact) mass is 1590 g/mol. The zero-order chi connectivity index (χ0) is 81.0. The summed E-state index contributed by atoms with van der Waals surface area (Å²) in [6, 6.07) is -0.994. The summed E-state index contributed by atoms with van der Waals surface area (Å²) < 4.78 is 34.5. The van der Waals surface area contributed by atoms with Crippen LogP contribution in [0.3, 0.4) is 0 Å². The van der Waals surface area contributed by atoms with Gasteiger partial charge in [-0.1, -0.05) is 376 Å². The van der Waals surface area contributed by atoms with E-state index < -0.39 is 124 Å². The van der Waals surface area contributed by atoms with E-state index in [1.807, 2.05) is 6.08 Å². The normalized spacial score (nSPS) is 25.2. The number of rotatable bonds is 75. The molecule has 0 aromatic rings. The fourth-order valence-corrected chi connectivity index (χ4v) is 15.4. The molecule has 1 amide bonds. The SMILES string of the molecule is CC/C=C\C/C=C\C/C=C\C/C=C\CCCCCCCCCCCCCCCCCCCCCCCCC(=O)NC(COC1OC(CO)C(OC2OC(CO)C(OC3OC(CO)C(O)C(O)C3O)C(O)C2O)C(O)C1O)C(O)/C=C/CC/C=C/CCCCCCCCCCCCCCCCCCCCCCCCCCCC. The third kappa shape index (κ3) is 50.2. The molecule has 0 bridgehead atoms. The van der Waals surface area contributed by atoms with Crippen LogP contribution in [0.1, 0.15) is 380 Å². The lowest BCUT2D eigenvalue weighted by molar-refractivity contribution is -0.379. The predicted octanol–water partition coefficient (Wildman–Crippen LogP) is 17.9. The molecule has 112 heavy (non-hydrogen) atoms. The Hall–Kier alpha value is -2.77. The largest absolute Gasteiger partial charge is 0.394 e. The molecule has 3 aliphatic rings. The second-order valence-electron chi connectivity index (χ2n) is 32.7. The maximum absolute atomic E-state index is 13.5. The summed E-state index contributed by atoms with van der Waals surface area (Å²) in [6.07, 6.45) is 70.7. The highest BCUT2D eigenvalue weighted by Gasteiger charge is 2.54. The number of amides is 1. The van der Waals surface area contributed by atoms with E-state index in [2.05, 4.69) is 79.9 Å². The Morgan fingerprint density at radius 3 is 1.00 bits per heavy atom. The number of unbranched alkanes of at least 4 members (excludes halogenated alkanes) is 49. The maximum Gasteiger partial charge on any atom is 0.220 e. The average Bonchev–Trinajstić information content (AvgIpc) is 0.782. The van der Waals surface area contributed by atoms with E-state index in [9.17, 15) is 61.0 Å². The Morgan fingerprint density at radius 2 is 0.625 bits per heavy atom. The van der Waals surface area contributed by atoms with E-state index in [0.29, 0.717) is 12.8 Å². The van der Waals surface area contributed by atoms with E-state index in [0.717, 1.165) is 64.2 Å². The molecule has 0 aliphatic carbocycles. The highest BCUT2D eigenvalue weighted by atomic mass is 16.8. The molecule has 0 spiro atoms. The fraction of sp³-hybridized carbons (Fsp3) is 0.860. The van der Waals surface area contributed by atoms with Crippen LogP contribution >= 0.6 is 0 Å². The Bertz CT molecular complexity index is 2300. The van der Waals surface area contributed by atoms with Crippen LogP contribution in [0.15, 0.2) is 72.9 Å². The summed E-state index contributed by atoms with van der Waals surface area (Å²) in [6.45, 7) is 1.66. The molecule has 19 nitrogen and oxygen atoms in total. The second kappa shape index (κ2) is 72.3. The number of nitrogens with one attached hydrogen (secondary N) is 1. The smallest absolute Gasteiger partial charge is 0.220 e. The molecule has 0 saturated carbocycles. The summed E-state index contributed by atoms with van der Waals surface area (Å²) >= 11 is 0. The zero-order valence-corrected chi connectivity index (χ0v) is 70.7. The first kappa shape index (κ1) is 103. The third-order valence-electron chi connectivity index (χ3n) is 22.7. The molecule has 0 aromatic carbocycles. The van der Waals surface area contributed by atoms with E-state index in [1.165, 1.54) is 283 Å². The molecule has 3 aliphatic heterocycles. The molecule has 0 aromatic heterocycles. The first-order valence-electron chi connectivity index (χ1n) is 46.2. The number of carbonyl (C=O) groups excluding carboxylic acids is 1. The van der Waals surface area contributed by atoms with Crippen LogP contribution in [0.25, 0.3) is 0 Å². The standard InChI is InChI=1S/C93H169NO18/c1-3-5-7-9-11-13-15-17-19-21-23-25-27-29-31-33-35-37-38-39-41-43-45-47-49-51-53-55-57-59-61-63-65-67-69-71-81(99)94-76(77(98)70-68-66-64-62-60-58-56-54-52-50-48-46-44-42-40-36-34-32-30-28-26-24-22-20-18-16-14-12-10-8-6-4-2)75-107-91-87(105)84(102)89(79(73-96)109-91)112-93-88(106)85(103)90(80(74-97)110-93)111-92-86(104)83(101)82(100)78(72-95)108-92/h5,7,11,13,17,19,23,25,60,62,68,70,76-80,82-93,95-98,100-106H,3-4,6,8-10,12,14-16,18,20-22,24,26-59,61,63-67,69,71-75H2,1-2H3,(H,94,99)/b7-5-,13-11-,19-17-,25-23-,62-60+,70-68+. The van der Waals surface area contributed by atoms with Crippen LogP contribution in [0.4, 0.5) is 0 Å². The molecule has 3 saturated heterocycles. The van der Waals surface area contributed by atoms with Crippen LogP contribution in [0.2, 0.25) is 0 Å². The van der Waals surface area contributed by atoms with Crippen molar-refractivity contribution in [1.82, 2.24) is 5.32 Å². The highest BCUT2D eigenvalue weighted by molar-refractivity contribution is 5.76. The van der Waals surface area contributed by atoms with Crippen molar-refractivity contribution < 1.29 is 89.4 Å². The van der Waals surface area contributed by atoms with Crippen LogP contribution in [0, 0.1) is 0 Å². The fourth-order valence-electron chi connectivity index (χ4n) is 15.4. The van der Waals surface area contributed by atoms with Crippen LogP contribution < -0.4 is 5.32 Å². The van der Waals surface area contributed by atoms with Gasteiger partial charge < -0.3 is 89.9 Å². The molecule has 19 heteroatoms. The Labute approximate surface area is 680 Å². The van der Waals surface area contributed by atoms with E-state index in [4.69, 9.17) is 28.4 Å². The summed E-state index contributed by atoms with van der Waals surface area (Å²) in [4.78, 5) is 13.5. The minimum atomic E-state index is -1.98. The van der Waals surface area contributed by atoms with Gasteiger partial charge in [-0.25, -0.2) is 0 Å². The van der Waals surface area contributed by atoms with Gasteiger partial charge in [0, 0.05) is 6.42 Å². The highest BCUT2D eigenvalue weighted by Crippen LogP contribution is 2.34. The second-order valence-corrected chi connectivity index (χ2v) is 32.7. The van der Waals surface area contributed by atoms with Gasteiger partial charge in [0.1, 0.15) is 73.2 Å². The van der Waals surface area contributed by atoms with Gasteiger partial charge in [0.25, 0.3) is 0 Å². The van der Waals surface area contributed by atoms with E-state index in [1.54, 1.807) is 6.08 Å². The number of hydrogen-bond donors (Lipinski definition) is 12. The molecule has 0 radical (unpaired) electrons. The van der Waals surface area contributed by atoms with Gasteiger partial charge in [-0.15, -0.1) is 0 Å². The van der Waals surface area contributed by atoms with Crippen molar-refractivity contribution in [2.75, 3.05) is 26.4 Å². The molecule has 654 valence electrons. The number of allylic oxidation sites excluding steroid dienone is 11. The number of ether oxygens (including phenoxy) is 6. The molecule has 3 fully saturated rings. The van der Waals surface area contributed by atoms with Gasteiger partial charge >= 0.3 is 0 Å². The van der Waals surface area contributed by atoms with Crippen molar-refractivity contribution in [1.29, 1.82) is 0 Å². The predicted molar refractivity (Wildman–Crippen MR) is 452 cm³/mol. The minimum absolute atomic E-state index is 0.237. The topological polar surface area (TPSA) is 307 Å². The molecule has 3 rings (SSSR count). The number of hydrogen-bond acceptors (Lipinski definition) is 18. The quantitative estimate of drug-likeness (QED) is 0.0199. The lowest BCUT2D eigenvalue weighted by Crippen LogP contribution is -2.66. The van der Waals surface area contributed by atoms with Gasteiger partial charge in [0.2, 0.25) is 5.91 Å². The van der Waals surface area contributed by atoms with E-state index in [-0.39, 0.29) is 18.9 Å². The van der Waals surface area contributed by atoms with Gasteiger partial charge in [-0.2, -0.15) is 0 Å². The summed E-state index contributed by atoms with van der Waals surface area (Å²) in [5.74, 6) is -0.279. The van der Waals surface area contributed by atoms with Crippen LogP contribution in [-0.2, 0) is 33.2 Å². The van der Waals surface area contributed by atoms with Gasteiger partial charge in [-0.05, 0) is 70.6 Å². The maximum atomic E-state index is 13.5. The molecular formula is C93H169NO18.